The van der Waals surface area contributed by atoms with Gasteiger partial charge < -0.3 is 5.32 Å². The van der Waals surface area contributed by atoms with Crippen LogP contribution in [0.3, 0.4) is 0 Å². The molecule has 0 fully saturated rings. The first kappa shape index (κ1) is 11.4. The van der Waals surface area contributed by atoms with Gasteiger partial charge in [-0.25, -0.2) is 0 Å². The summed E-state index contributed by atoms with van der Waals surface area (Å²) >= 11 is 7.05. The summed E-state index contributed by atoms with van der Waals surface area (Å²) in [6.45, 7) is 4.49. The molecule has 0 radical (unpaired) electrons. The highest BCUT2D eigenvalue weighted by molar-refractivity contribution is 7.07. The predicted molar refractivity (Wildman–Crippen MR) is 56.7 cm³/mol. The summed E-state index contributed by atoms with van der Waals surface area (Å²) in [6, 6.07) is 0. The molecule has 6 heteroatoms. The van der Waals surface area contributed by atoms with Gasteiger partial charge in [-0.05, 0) is 17.5 Å². The van der Waals surface area contributed by atoms with Crippen LogP contribution < -0.4 is 5.32 Å². The lowest BCUT2D eigenvalue weighted by molar-refractivity contribution is 0.0956. The van der Waals surface area contributed by atoms with Crippen LogP contribution in [-0.4, -0.2) is 27.4 Å². The number of hydrogen-bond donors (Lipinski definition) is 1. The molecule has 4 nitrogen and oxygen atoms in total. The Kier molecular flexibility index (Phi) is 4.28. The minimum Gasteiger partial charge on any atom is -0.350 e. The summed E-state index contributed by atoms with van der Waals surface area (Å²) in [5.41, 5.74) is 0. The molecule has 1 N–H and O–H groups in total. The second-order valence-corrected chi connectivity index (χ2v) is 4.60. The third-order valence-corrected chi connectivity index (χ3v) is 3.09. The second kappa shape index (κ2) is 5.26. The van der Waals surface area contributed by atoms with E-state index in [1.165, 1.54) is 6.20 Å². The summed E-state index contributed by atoms with van der Waals surface area (Å²) in [5, 5.41) is 6.26. The third kappa shape index (κ3) is 3.23. The van der Waals surface area contributed by atoms with Gasteiger partial charge in [0.2, 0.25) is 0 Å². The van der Waals surface area contributed by atoms with Crippen molar-refractivity contribution in [3.63, 3.8) is 0 Å². The van der Waals surface area contributed by atoms with E-state index in [0.29, 0.717) is 17.3 Å². The highest BCUT2D eigenvalue weighted by atomic mass is 35.5. The zero-order valence-electron chi connectivity index (χ0n) is 8.03. The first-order valence-electron chi connectivity index (χ1n) is 4.31. The van der Waals surface area contributed by atoms with E-state index in [1.54, 1.807) is 0 Å². The van der Waals surface area contributed by atoms with Gasteiger partial charge in [-0.1, -0.05) is 18.3 Å². The molecule has 0 aromatic carbocycles. The SMILES string of the molecule is CC(C)C(Cl)CNC(=O)c1cnns1. The van der Waals surface area contributed by atoms with Gasteiger partial charge in [-0.15, -0.1) is 16.7 Å². The number of hydrogen-bond acceptors (Lipinski definition) is 4. The van der Waals surface area contributed by atoms with Gasteiger partial charge in [0.25, 0.3) is 5.91 Å². The molecule has 0 bridgehead atoms. The van der Waals surface area contributed by atoms with Crippen molar-refractivity contribution in [1.29, 1.82) is 0 Å². The monoisotopic (exact) mass is 233 g/mol. The van der Waals surface area contributed by atoms with Crippen LogP contribution in [0.15, 0.2) is 6.20 Å². The highest BCUT2D eigenvalue weighted by Gasteiger charge is 2.13. The molecule has 0 saturated carbocycles. The lowest BCUT2D eigenvalue weighted by atomic mass is 10.1. The molecule has 0 aliphatic heterocycles. The molecule has 1 aromatic rings. The standard InChI is InChI=1S/C8H12ClN3OS/c1-5(2)6(9)3-10-8(13)7-4-11-12-14-7/h4-6H,3H2,1-2H3,(H,10,13). The normalized spacial score (nSPS) is 12.9. The molecule has 0 saturated heterocycles. The molecule has 14 heavy (non-hydrogen) atoms. The molecule has 1 unspecified atom stereocenters. The fraction of sp³-hybridized carbons (Fsp3) is 0.625. The van der Waals surface area contributed by atoms with Gasteiger partial charge >= 0.3 is 0 Å². The summed E-state index contributed by atoms with van der Waals surface area (Å²) in [7, 11) is 0. The zero-order valence-corrected chi connectivity index (χ0v) is 9.60. The fourth-order valence-corrected chi connectivity index (χ4v) is 1.29. The minimum absolute atomic E-state index is 0.0418. The first-order valence-corrected chi connectivity index (χ1v) is 5.52. The number of nitrogens with zero attached hydrogens (tertiary/aromatic N) is 2. The van der Waals surface area contributed by atoms with Crippen molar-refractivity contribution in [1.82, 2.24) is 14.9 Å². The van der Waals surface area contributed by atoms with Gasteiger partial charge in [0.15, 0.2) is 0 Å². The van der Waals surface area contributed by atoms with Gasteiger partial charge in [0, 0.05) is 6.54 Å². The average molecular weight is 234 g/mol. The van der Waals surface area contributed by atoms with E-state index in [-0.39, 0.29) is 11.3 Å². The van der Waals surface area contributed by atoms with E-state index in [4.69, 9.17) is 11.6 Å². The van der Waals surface area contributed by atoms with E-state index in [2.05, 4.69) is 14.9 Å². The number of aromatic nitrogens is 2. The second-order valence-electron chi connectivity index (χ2n) is 3.25. The van der Waals surface area contributed by atoms with Gasteiger partial charge in [0.1, 0.15) is 4.88 Å². The van der Waals surface area contributed by atoms with Crippen molar-refractivity contribution in [3.05, 3.63) is 11.1 Å². The topological polar surface area (TPSA) is 54.9 Å². The zero-order chi connectivity index (χ0) is 10.6. The Morgan fingerprint density at radius 2 is 2.43 bits per heavy atom. The number of amides is 1. The highest BCUT2D eigenvalue weighted by Crippen LogP contribution is 2.08. The van der Waals surface area contributed by atoms with Crippen LogP contribution in [0, 0.1) is 5.92 Å². The number of carbonyl (C=O) groups is 1. The molecule has 1 rings (SSSR count). The Balaban J connectivity index is 2.36. The predicted octanol–water partition coefficient (Wildman–Crippen LogP) is 1.53. The van der Waals surface area contributed by atoms with Crippen LogP contribution in [0.2, 0.25) is 0 Å². The minimum atomic E-state index is -0.161. The van der Waals surface area contributed by atoms with E-state index in [1.807, 2.05) is 13.8 Å². The molecule has 78 valence electrons. The van der Waals surface area contributed by atoms with E-state index < -0.39 is 0 Å². The van der Waals surface area contributed by atoms with Gasteiger partial charge in [-0.2, -0.15) is 0 Å². The molecule has 1 aromatic heterocycles. The van der Waals surface area contributed by atoms with E-state index in [0.717, 1.165) is 11.5 Å². The van der Waals surface area contributed by atoms with Crippen molar-refractivity contribution in [2.24, 2.45) is 5.92 Å². The van der Waals surface area contributed by atoms with Crippen LogP contribution in [-0.2, 0) is 0 Å². The number of carbonyl (C=O) groups excluding carboxylic acids is 1. The Hall–Kier alpha value is -0.680. The largest absolute Gasteiger partial charge is 0.350 e. The Labute approximate surface area is 91.8 Å². The Morgan fingerprint density at radius 1 is 1.71 bits per heavy atom. The third-order valence-electron chi connectivity index (χ3n) is 1.77. The maximum absolute atomic E-state index is 11.4. The quantitative estimate of drug-likeness (QED) is 0.803. The van der Waals surface area contributed by atoms with Gasteiger partial charge in [0.05, 0.1) is 11.6 Å². The average Bonchev–Trinajstić information content (AvgIpc) is 2.66. The number of rotatable bonds is 4. The summed E-state index contributed by atoms with van der Waals surface area (Å²) in [4.78, 5) is 11.9. The number of nitrogens with one attached hydrogen (secondary N) is 1. The van der Waals surface area contributed by atoms with Crippen molar-refractivity contribution < 1.29 is 4.79 Å². The molecule has 1 amide bonds. The van der Waals surface area contributed by atoms with Crippen LogP contribution in [0.4, 0.5) is 0 Å². The molecule has 0 spiro atoms. The molecule has 0 aliphatic carbocycles. The van der Waals surface area contributed by atoms with Gasteiger partial charge in [-0.3, -0.25) is 4.79 Å². The summed E-state index contributed by atoms with van der Waals surface area (Å²) in [5.74, 6) is 0.183. The number of halogens is 1. The van der Waals surface area contributed by atoms with Crippen molar-refractivity contribution in [2.75, 3.05) is 6.54 Å². The van der Waals surface area contributed by atoms with Crippen LogP contribution in [0.25, 0.3) is 0 Å². The van der Waals surface area contributed by atoms with E-state index >= 15 is 0 Å². The van der Waals surface area contributed by atoms with Crippen molar-refractivity contribution in [2.45, 2.75) is 19.2 Å². The van der Waals surface area contributed by atoms with Crippen LogP contribution in [0.5, 0.6) is 0 Å². The lowest BCUT2D eigenvalue weighted by Crippen LogP contribution is -2.31. The van der Waals surface area contributed by atoms with Crippen LogP contribution >= 0.6 is 23.1 Å². The lowest BCUT2D eigenvalue weighted by Gasteiger charge is -2.13. The molecule has 1 heterocycles. The van der Waals surface area contributed by atoms with Crippen LogP contribution in [0.1, 0.15) is 23.5 Å². The maximum atomic E-state index is 11.4. The summed E-state index contributed by atoms with van der Waals surface area (Å²) in [6.07, 6.45) is 1.44. The summed E-state index contributed by atoms with van der Waals surface area (Å²) < 4.78 is 3.60. The maximum Gasteiger partial charge on any atom is 0.264 e. The Bertz CT molecular complexity index is 289. The molecule has 0 aliphatic rings. The molecular formula is C8H12ClN3OS. The van der Waals surface area contributed by atoms with Crippen molar-refractivity contribution >= 4 is 29.0 Å². The smallest absolute Gasteiger partial charge is 0.264 e. The number of alkyl halides is 1. The van der Waals surface area contributed by atoms with E-state index in [9.17, 15) is 4.79 Å². The first-order chi connectivity index (χ1) is 6.61. The van der Waals surface area contributed by atoms with Crippen molar-refractivity contribution in [3.8, 4) is 0 Å². The molecular weight excluding hydrogens is 222 g/mol. The Morgan fingerprint density at radius 3 is 2.93 bits per heavy atom. The molecule has 1 atom stereocenters. The fourth-order valence-electron chi connectivity index (χ4n) is 0.780.